The van der Waals surface area contributed by atoms with Crippen LogP contribution in [0.4, 0.5) is 0 Å². The molecule has 0 saturated carbocycles. The lowest BCUT2D eigenvalue weighted by Crippen LogP contribution is -2.49. The lowest BCUT2D eigenvalue weighted by molar-refractivity contribution is -0.142. The highest BCUT2D eigenvalue weighted by Gasteiger charge is 2.33. The Balaban J connectivity index is 3.17. The Morgan fingerprint density at radius 3 is 2.40 bits per heavy atom. The molecule has 0 atom stereocenters. The maximum atomic E-state index is 12.1. The van der Waals surface area contributed by atoms with Gasteiger partial charge in [-0.15, -0.1) is 0 Å². The van der Waals surface area contributed by atoms with Crippen LogP contribution in [0.3, 0.4) is 0 Å². The normalized spacial score (nSPS) is 11.9. The number of carbonyl (C=O) groups excluding carboxylic acids is 1. The quantitative estimate of drug-likeness (QED) is 0.771. The monoisotopic (exact) mass is 301 g/mol. The summed E-state index contributed by atoms with van der Waals surface area (Å²) >= 11 is 0. The molecule has 0 aliphatic carbocycles. The second-order valence-electron chi connectivity index (χ2n) is 4.56. The molecule has 7 nitrogen and oxygen atoms in total. The van der Waals surface area contributed by atoms with Crippen LogP contribution in [0.15, 0.2) is 29.2 Å². The molecule has 0 aliphatic heterocycles. The zero-order valence-corrected chi connectivity index (χ0v) is 12.0. The van der Waals surface area contributed by atoms with Gasteiger partial charge in [0.2, 0.25) is 10.0 Å². The maximum absolute atomic E-state index is 12.1. The van der Waals surface area contributed by atoms with Gasteiger partial charge in [0, 0.05) is 0 Å². The van der Waals surface area contributed by atoms with E-state index in [1.165, 1.54) is 39.2 Å². The highest BCUT2D eigenvalue weighted by atomic mass is 32.2. The Kier molecular flexibility index (Phi) is 4.51. The Bertz CT molecular complexity index is 635. The Morgan fingerprint density at radius 1 is 1.30 bits per heavy atom. The van der Waals surface area contributed by atoms with Crippen molar-refractivity contribution in [3.63, 3.8) is 0 Å². The molecule has 8 heteroatoms. The van der Waals surface area contributed by atoms with E-state index in [1.54, 1.807) is 0 Å². The number of methoxy groups -OCH3 is 1. The topological polar surface area (TPSA) is 110 Å². The van der Waals surface area contributed by atoms with Crippen molar-refractivity contribution in [1.82, 2.24) is 4.72 Å². The molecule has 0 saturated heterocycles. The molecular formula is C12H15NO6S. The van der Waals surface area contributed by atoms with Gasteiger partial charge in [0.1, 0.15) is 5.54 Å². The summed E-state index contributed by atoms with van der Waals surface area (Å²) in [5.41, 5.74) is -1.61. The summed E-state index contributed by atoms with van der Waals surface area (Å²) in [6.45, 7) is 2.44. The van der Waals surface area contributed by atoms with E-state index in [2.05, 4.69) is 9.46 Å². The molecule has 2 N–H and O–H groups in total. The number of carboxylic acids is 1. The third-order valence-corrected chi connectivity index (χ3v) is 4.14. The standard InChI is InChI=1S/C12H15NO6S/c1-12(2,11(15)16)13-20(17,18)9-6-4-5-8(7-9)10(14)19-3/h4-7,13H,1-3H3,(H,15,16). The average molecular weight is 301 g/mol. The molecule has 0 unspecified atom stereocenters. The molecule has 0 spiro atoms. The van der Waals surface area contributed by atoms with E-state index in [4.69, 9.17) is 5.11 Å². The highest BCUT2D eigenvalue weighted by molar-refractivity contribution is 7.89. The summed E-state index contributed by atoms with van der Waals surface area (Å²) in [7, 11) is -2.89. The van der Waals surface area contributed by atoms with Gasteiger partial charge in [-0.1, -0.05) is 6.07 Å². The molecule has 1 rings (SSSR count). The predicted octanol–water partition coefficient (Wildman–Crippen LogP) is 0.615. The van der Waals surface area contributed by atoms with Gasteiger partial charge >= 0.3 is 11.9 Å². The number of hydrogen-bond donors (Lipinski definition) is 2. The van der Waals surface area contributed by atoms with Gasteiger partial charge in [-0.25, -0.2) is 13.2 Å². The van der Waals surface area contributed by atoms with Crippen LogP contribution in [-0.2, 0) is 19.6 Å². The first-order valence-electron chi connectivity index (χ1n) is 5.56. The number of hydrogen-bond acceptors (Lipinski definition) is 5. The van der Waals surface area contributed by atoms with Gasteiger partial charge in [0.05, 0.1) is 17.6 Å². The van der Waals surface area contributed by atoms with Gasteiger partial charge in [-0.05, 0) is 32.0 Å². The number of carbonyl (C=O) groups is 2. The van der Waals surface area contributed by atoms with Crippen LogP contribution in [0.5, 0.6) is 0 Å². The Hall–Kier alpha value is -1.93. The van der Waals surface area contributed by atoms with Gasteiger partial charge in [0.25, 0.3) is 0 Å². The first kappa shape index (κ1) is 16.1. The number of carboxylic acid groups (broad SMARTS) is 1. The summed E-state index contributed by atoms with van der Waals surface area (Å²) in [4.78, 5) is 22.1. The fourth-order valence-corrected chi connectivity index (χ4v) is 2.76. The SMILES string of the molecule is COC(=O)c1cccc(S(=O)(=O)NC(C)(C)C(=O)O)c1. The van der Waals surface area contributed by atoms with Crippen LogP contribution >= 0.6 is 0 Å². The second-order valence-corrected chi connectivity index (χ2v) is 6.24. The van der Waals surface area contributed by atoms with Gasteiger partial charge in [-0.3, -0.25) is 4.79 Å². The second kappa shape index (κ2) is 5.59. The number of rotatable bonds is 5. The van der Waals surface area contributed by atoms with Crippen molar-refractivity contribution in [2.24, 2.45) is 0 Å². The lowest BCUT2D eigenvalue weighted by atomic mass is 10.1. The lowest BCUT2D eigenvalue weighted by Gasteiger charge is -2.20. The van der Waals surface area contributed by atoms with Crippen molar-refractivity contribution in [3.8, 4) is 0 Å². The summed E-state index contributed by atoms with van der Waals surface area (Å²) < 4.78 is 30.7. The minimum atomic E-state index is -4.07. The third kappa shape index (κ3) is 3.55. The van der Waals surface area contributed by atoms with Crippen LogP contribution in [0.2, 0.25) is 0 Å². The molecule has 0 radical (unpaired) electrons. The molecule has 1 aromatic carbocycles. The molecule has 0 amide bonds. The van der Waals surface area contributed by atoms with Crippen molar-refractivity contribution < 1.29 is 27.9 Å². The number of sulfonamides is 1. The van der Waals surface area contributed by atoms with Crippen molar-refractivity contribution in [2.75, 3.05) is 7.11 Å². The molecule has 20 heavy (non-hydrogen) atoms. The number of esters is 1. The van der Waals surface area contributed by atoms with Gasteiger partial charge < -0.3 is 9.84 Å². The van der Waals surface area contributed by atoms with Gasteiger partial charge in [0.15, 0.2) is 0 Å². The first-order valence-corrected chi connectivity index (χ1v) is 7.04. The van der Waals surface area contributed by atoms with Crippen LogP contribution in [-0.4, -0.2) is 38.1 Å². The van der Waals surface area contributed by atoms with Crippen LogP contribution in [0, 0.1) is 0 Å². The molecule has 0 bridgehead atoms. The number of aliphatic carboxylic acids is 1. The molecule has 1 aromatic rings. The molecular weight excluding hydrogens is 286 g/mol. The Labute approximate surface area is 116 Å². The van der Waals surface area contributed by atoms with E-state index in [0.29, 0.717) is 0 Å². The maximum Gasteiger partial charge on any atom is 0.337 e. The van der Waals surface area contributed by atoms with E-state index in [9.17, 15) is 18.0 Å². The van der Waals surface area contributed by atoms with Crippen molar-refractivity contribution in [3.05, 3.63) is 29.8 Å². The minimum absolute atomic E-state index is 0.0588. The molecule has 110 valence electrons. The van der Waals surface area contributed by atoms with Gasteiger partial charge in [-0.2, -0.15) is 4.72 Å². The number of nitrogens with one attached hydrogen (secondary N) is 1. The van der Waals surface area contributed by atoms with Crippen LogP contribution in [0.25, 0.3) is 0 Å². The van der Waals surface area contributed by atoms with E-state index >= 15 is 0 Å². The summed E-state index contributed by atoms with van der Waals surface area (Å²) in [6.07, 6.45) is 0. The van der Waals surface area contributed by atoms with Crippen LogP contribution in [0.1, 0.15) is 24.2 Å². The number of ether oxygens (including phenoxy) is 1. The summed E-state index contributed by atoms with van der Waals surface area (Å²) in [6, 6.07) is 5.14. The van der Waals surface area contributed by atoms with E-state index in [0.717, 1.165) is 6.07 Å². The molecule has 0 aromatic heterocycles. The van der Waals surface area contributed by atoms with E-state index < -0.39 is 27.5 Å². The van der Waals surface area contributed by atoms with E-state index in [-0.39, 0.29) is 10.5 Å². The minimum Gasteiger partial charge on any atom is -0.480 e. The fourth-order valence-electron chi connectivity index (χ4n) is 1.35. The highest BCUT2D eigenvalue weighted by Crippen LogP contribution is 2.15. The molecule has 0 heterocycles. The van der Waals surface area contributed by atoms with Crippen molar-refractivity contribution in [2.45, 2.75) is 24.3 Å². The van der Waals surface area contributed by atoms with E-state index in [1.807, 2.05) is 0 Å². The zero-order valence-electron chi connectivity index (χ0n) is 11.2. The predicted molar refractivity (Wildman–Crippen MR) is 69.8 cm³/mol. The average Bonchev–Trinajstić information content (AvgIpc) is 2.36. The summed E-state index contributed by atoms with van der Waals surface area (Å²) in [5, 5.41) is 8.93. The first-order chi connectivity index (χ1) is 9.10. The smallest absolute Gasteiger partial charge is 0.337 e. The van der Waals surface area contributed by atoms with Crippen LogP contribution < -0.4 is 4.72 Å². The Morgan fingerprint density at radius 2 is 1.90 bits per heavy atom. The summed E-state index contributed by atoms with van der Waals surface area (Å²) in [5.74, 6) is -2.00. The van der Waals surface area contributed by atoms with Crippen molar-refractivity contribution >= 4 is 22.0 Å². The zero-order chi connectivity index (χ0) is 15.6. The fraction of sp³-hybridized carbons (Fsp3) is 0.333. The third-order valence-electron chi connectivity index (χ3n) is 2.49. The number of benzene rings is 1. The van der Waals surface area contributed by atoms with Crippen molar-refractivity contribution in [1.29, 1.82) is 0 Å². The molecule has 0 fully saturated rings. The largest absolute Gasteiger partial charge is 0.480 e. The molecule has 0 aliphatic rings.